The SMILES string of the molecule is O=C(O)CC(c1ccc2c(c1)OCCCO2)C(F)(F)F. The minimum atomic E-state index is -4.63. The van der Waals surface area contributed by atoms with E-state index in [0.29, 0.717) is 25.4 Å². The highest BCUT2D eigenvalue weighted by atomic mass is 19.4. The van der Waals surface area contributed by atoms with Crippen molar-refractivity contribution in [1.29, 1.82) is 0 Å². The van der Waals surface area contributed by atoms with Crippen molar-refractivity contribution in [3.05, 3.63) is 23.8 Å². The molecule has 1 aliphatic rings. The lowest BCUT2D eigenvalue weighted by Crippen LogP contribution is -2.23. The van der Waals surface area contributed by atoms with Gasteiger partial charge in [0.2, 0.25) is 0 Å². The van der Waals surface area contributed by atoms with E-state index in [1.165, 1.54) is 18.2 Å². The molecule has 20 heavy (non-hydrogen) atoms. The highest BCUT2D eigenvalue weighted by Crippen LogP contribution is 2.41. The van der Waals surface area contributed by atoms with Gasteiger partial charge in [-0.25, -0.2) is 0 Å². The number of halogens is 3. The Morgan fingerprint density at radius 3 is 2.50 bits per heavy atom. The van der Waals surface area contributed by atoms with Gasteiger partial charge in [0, 0.05) is 6.42 Å². The summed E-state index contributed by atoms with van der Waals surface area (Å²) in [5.74, 6) is -2.96. The molecule has 0 bridgehead atoms. The maximum Gasteiger partial charge on any atom is 0.396 e. The second-order valence-electron chi connectivity index (χ2n) is 4.45. The van der Waals surface area contributed by atoms with E-state index in [-0.39, 0.29) is 11.3 Å². The standard InChI is InChI=1S/C13H13F3O4/c14-13(15,16)9(7-12(17)18)8-2-3-10-11(6-8)20-5-1-4-19-10/h2-3,6,9H,1,4-5,7H2,(H,17,18). The summed E-state index contributed by atoms with van der Waals surface area (Å²) >= 11 is 0. The maximum absolute atomic E-state index is 12.9. The molecule has 4 nitrogen and oxygen atoms in total. The summed E-state index contributed by atoms with van der Waals surface area (Å²) in [4.78, 5) is 10.6. The summed E-state index contributed by atoms with van der Waals surface area (Å²) in [6, 6.07) is 3.83. The van der Waals surface area contributed by atoms with Crippen molar-refractivity contribution in [3.63, 3.8) is 0 Å². The molecule has 0 spiro atoms. The molecule has 1 aromatic rings. The van der Waals surface area contributed by atoms with Gasteiger partial charge in [-0.15, -0.1) is 0 Å². The molecule has 0 radical (unpaired) electrons. The minimum Gasteiger partial charge on any atom is -0.490 e. The number of benzene rings is 1. The Balaban J connectivity index is 2.34. The fraction of sp³-hybridized carbons (Fsp3) is 0.462. The Morgan fingerprint density at radius 1 is 1.25 bits per heavy atom. The average molecular weight is 290 g/mol. The van der Waals surface area contributed by atoms with Gasteiger partial charge < -0.3 is 14.6 Å². The van der Waals surface area contributed by atoms with Crippen LogP contribution < -0.4 is 9.47 Å². The van der Waals surface area contributed by atoms with E-state index in [2.05, 4.69) is 0 Å². The molecular weight excluding hydrogens is 277 g/mol. The predicted molar refractivity (Wildman–Crippen MR) is 63.1 cm³/mol. The molecule has 1 N–H and O–H groups in total. The van der Waals surface area contributed by atoms with Gasteiger partial charge >= 0.3 is 12.1 Å². The van der Waals surface area contributed by atoms with Crippen LogP contribution in [-0.4, -0.2) is 30.5 Å². The molecule has 110 valence electrons. The number of fused-ring (bicyclic) bond motifs is 1. The van der Waals surface area contributed by atoms with Gasteiger partial charge in [-0.3, -0.25) is 4.79 Å². The van der Waals surface area contributed by atoms with Gasteiger partial charge in [0.05, 0.1) is 25.6 Å². The topological polar surface area (TPSA) is 55.8 Å². The minimum absolute atomic E-state index is 0.135. The Labute approximate surface area is 113 Å². The summed E-state index contributed by atoms with van der Waals surface area (Å²) in [7, 11) is 0. The second kappa shape index (κ2) is 5.60. The van der Waals surface area contributed by atoms with E-state index in [1.54, 1.807) is 0 Å². The fourth-order valence-corrected chi connectivity index (χ4v) is 1.99. The quantitative estimate of drug-likeness (QED) is 0.929. The smallest absolute Gasteiger partial charge is 0.396 e. The Kier molecular flexibility index (Phi) is 4.06. The number of carboxylic acids is 1. The van der Waals surface area contributed by atoms with Crippen LogP contribution in [0.4, 0.5) is 13.2 Å². The van der Waals surface area contributed by atoms with Crippen LogP contribution in [0.15, 0.2) is 18.2 Å². The molecule has 0 aromatic heterocycles. The van der Waals surface area contributed by atoms with Crippen LogP contribution in [0.2, 0.25) is 0 Å². The van der Waals surface area contributed by atoms with E-state index in [9.17, 15) is 18.0 Å². The zero-order valence-corrected chi connectivity index (χ0v) is 10.4. The van der Waals surface area contributed by atoms with Crippen LogP contribution in [-0.2, 0) is 4.79 Å². The van der Waals surface area contributed by atoms with E-state index >= 15 is 0 Å². The monoisotopic (exact) mass is 290 g/mol. The number of aliphatic carboxylic acids is 1. The third-order valence-electron chi connectivity index (χ3n) is 2.95. The predicted octanol–water partition coefficient (Wildman–Crippen LogP) is 2.97. The van der Waals surface area contributed by atoms with Crippen LogP contribution in [0, 0.1) is 0 Å². The van der Waals surface area contributed by atoms with Crippen LogP contribution in [0.3, 0.4) is 0 Å². The van der Waals surface area contributed by atoms with E-state index in [4.69, 9.17) is 14.6 Å². The van der Waals surface area contributed by atoms with Crippen molar-refractivity contribution in [1.82, 2.24) is 0 Å². The van der Waals surface area contributed by atoms with Crippen LogP contribution >= 0.6 is 0 Å². The largest absolute Gasteiger partial charge is 0.490 e. The molecule has 1 atom stereocenters. The van der Waals surface area contributed by atoms with Gasteiger partial charge in [0.1, 0.15) is 0 Å². The van der Waals surface area contributed by atoms with E-state index in [1.807, 2.05) is 0 Å². The summed E-state index contributed by atoms with van der Waals surface area (Å²) in [5, 5.41) is 8.64. The molecule has 0 saturated heterocycles. The first kappa shape index (κ1) is 14.5. The molecule has 1 heterocycles. The van der Waals surface area contributed by atoms with Crippen molar-refractivity contribution < 1.29 is 32.5 Å². The molecule has 1 unspecified atom stereocenters. The van der Waals surface area contributed by atoms with Gasteiger partial charge in [0.15, 0.2) is 11.5 Å². The molecule has 7 heteroatoms. The summed E-state index contributed by atoms with van der Waals surface area (Å²) < 4.78 is 49.5. The van der Waals surface area contributed by atoms with Crippen molar-refractivity contribution in [3.8, 4) is 11.5 Å². The molecule has 1 aliphatic heterocycles. The van der Waals surface area contributed by atoms with Crippen molar-refractivity contribution in [2.24, 2.45) is 0 Å². The van der Waals surface area contributed by atoms with Crippen LogP contribution in [0.25, 0.3) is 0 Å². The normalized spacial score (nSPS) is 16.4. The van der Waals surface area contributed by atoms with Gasteiger partial charge in [0.25, 0.3) is 0 Å². The van der Waals surface area contributed by atoms with Crippen molar-refractivity contribution >= 4 is 5.97 Å². The fourth-order valence-electron chi connectivity index (χ4n) is 1.99. The van der Waals surface area contributed by atoms with Crippen LogP contribution in [0.1, 0.15) is 24.3 Å². The second-order valence-corrected chi connectivity index (χ2v) is 4.45. The van der Waals surface area contributed by atoms with Crippen molar-refractivity contribution in [2.45, 2.75) is 24.9 Å². The number of hydrogen-bond acceptors (Lipinski definition) is 3. The number of ether oxygens (including phenoxy) is 2. The number of alkyl halides is 3. The number of rotatable bonds is 3. The Bertz CT molecular complexity index is 499. The first-order valence-electron chi connectivity index (χ1n) is 6.06. The lowest BCUT2D eigenvalue weighted by molar-refractivity contribution is -0.163. The Hall–Kier alpha value is -1.92. The molecule has 1 aromatic carbocycles. The highest BCUT2D eigenvalue weighted by Gasteiger charge is 2.42. The zero-order valence-electron chi connectivity index (χ0n) is 10.4. The molecule has 0 fully saturated rings. The molecule has 0 aliphatic carbocycles. The van der Waals surface area contributed by atoms with Gasteiger partial charge in [-0.05, 0) is 17.7 Å². The van der Waals surface area contributed by atoms with Gasteiger partial charge in [-0.2, -0.15) is 13.2 Å². The number of hydrogen-bond donors (Lipinski definition) is 1. The third-order valence-corrected chi connectivity index (χ3v) is 2.95. The van der Waals surface area contributed by atoms with E-state index < -0.39 is 24.5 Å². The van der Waals surface area contributed by atoms with Crippen molar-refractivity contribution in [2.75, 3.05) is 13.2 Å². The number of carboxylic acid groups (broad SMARTS) is 1. The third kappa shape index (κ3) is 3.34. The molecular formula is C13H13F3O4. The molecule has 0 saturated carbocycles. The number of carbonyl (C=O) groups is 1. The molecule has 2 rings (SSSR count). The van der Waals surface area contributed by atoms with Gasteiger partial charge in [-0.1, -0.05) is 6.07 Å². The molecule has 0 amide bonds. The van der Waals surface area contributed by atoms with Crippen LogP contribution in [0.5, 0.6) is 11.5 Å². The summed E-state index contributed by atoms with van der Waals surface area (Å²) in [6.07, 6.45) is -5.00. The first-order chi connectivity index (χ1) is 9.38. The summed E-state index contributed by atoms with van der Waals surface area (Å²) in [5.41, 5.74) is -0.135. The maximum atomic E-state index is 12.9. The lowest BCUT2D eigenvalue weighted by atomic mass is 9.95. The zero-order chi connectivity index (χ0) is 14.8. The first-order valence-corrected chi connectivity index (χ1v) is 6.06. The average Bonchev–Trinajstić information content (AvgIpc) is 2.58. The highest BCUT2D eigenvalue weighted by molar-refractivity contribution is 5.68. The summed E-state index contributed by atoms with van der Waals surface area (Å²) in [6.45, 7) is 0.788. The van der Waals surface area contributed by atoms with E-state index in [0.717, 1.165) is 0 Å². The lowest BCUT2D eigenvalue weighted by Gasteiger charge is -2.20. The Morgan fingerprint density at radius 2 is 1.90 bits per heavy atom.